The van der Waals surface area contributed by atoms with Gasteiger partial charge in [0.25, 0.3) is 0 Å². The minimum Gasteiger partial charge on any atom is -0.478 e. The average molecular weight is 381 g/mol. The first kappa shape index (κ1) is 19.5. The van der Waals surface area contributed by atoms with Gasteiger partial charge in [-0.15, -0.1) is 0 Å². The molecule has 2 aromatic rings. The minimum absolute atomic E-state index is 0.0595. The molecule has 2 N–H and O–H groups in total. The van der Waals surface area contributed by atoms with E-state index in [1.54, 1.807) is 25.2 Å². The summed E-state index contributed by atoms with van der Waals surface area (Å²) in [7, 11) is 1.66. The summed E-state index contributed by atoms with van der Waals surface area (Å²) in [5.74, 6) is -1.98. The molecule has 5 nitrogen and oxygen atoms in total. The zero-order chi connectivity index (χ0) is 20.3. The molecule has 0 saturated carbocycles. The van der Waals surface area contributed by atoms with Crippen LogP contribution < -0.4 is 5.32 Å². The third-order valence-corrected chi connectivity index (χ3v) is 4.80. The number of hydrogen-bond acceptors (Lipinski definition) is 4. The summed E-state index contributed by atoms with van der Waals surface area (Å²) in [4.78, 5) is 36.0. The third kappa shape index (κ3) is 4.17. The van der Waals surface area contributed by atoms with Crippen molar-refractivity contribution >= 4 is 29.3 Å². The van der Waals surface area contributed by atoms with Gasteiger partial charge in [-0.2, -0.15) is 0 Å². The Kier molecular flexibility index (Phi) is 5.68. The van der Waals surface area contributed by atoms with Crippen LogP contribution in [0.5, 0.6) is 0 Å². The predicted octanol–water partition coefficient (Wildman–Crippen LogP) is 3.67. The summed E-state index contributed by atoms with van der Waals surface area (Å²) in [6.45, 7) is 0. The zero-order valence-electron chi connectivity index (χ0n) is 15.4. The summed E-state index contributed by atoms with van der Waals surface area (Å²) in [5.41, 5.74) is 2.90. The molecule has 0 unspecified atom stereocenters. The first-order valence-electron chi connectivity index (χ1n) is 8.99. The van der Waals surface area contributed by atoms with E-state index in [4.69, 9.17) is 5.11 Å². The SMILES string of the molecule is CNc1cc(F)cc2c1CC(=O)C(C(=O)CCCc1cccc(C(=O)O)c1)=C2. The summed E-state index contributed by atoms with van der Waals surface area (Å²) in [6.07, 6.45) is 2.72. The van der Waals surface area contributed by atoms with E-state index in [0.29, 0.717) is 29.7 Å². The number of allylic oxidation sites excluding steroid dienone is 1. The standard InChI is InChI=1S/C22H20FNO4/c1-24-19-11-16(23)9-15-10-18(21(26)12-17(15)19)20(25)7-3-5-13-4-2-6-14(8-13)22(27)28/h2,4,6,8-11,24H,3,5,7,12H2,1H3,(H,27,28). The van der Waals surface area contributed by atoms with E-state index in [9.17, 15) is 18.8 Å². The number of fused-ring (bicyclic) bond motifs is 1. The number of aryl methyl sites for hydroxylation is 1. The maximum Gasteiger partial charge on any atom is 0.335 e. The normalized spacial score (nSPS) is 12.9. The lowest BCUT2D eigenvalue weighted by Gasteiger charge is -2.18. The number of ketones is 2. The van der Waals surface area contributed by atoms with Gasteiger partial charge in [0.1, 0.15) is 5.82 Å². The van der Waals surface area contributed by atoms with Crippen LogP contribution in [0.4, 0.5) is 10.1 Å². The highest BCUT2D eigenvalue weighted by molar-refractivity contribution is 6.25. The molecule has 0 heterocycles. The van der Waals surface area contributed by atoms with E-state index in [2.05, 4.69) is 5.32 Å². The summed E-state index contributed by atoms with van der Waals surface area (Å²) in [5, 5.41) is 11.9. The third-order valence-electron chi connectivity index (χ3n) is 4.80. The van der Waals surface area contributed by atoms with Gasteiger partial charge in [0.15, 0.2) is 11.6 Å². The van der Waals surface area contributed by atoms with Crippen LogP contribution in [0.1, 0.15) is 39.9 Å². The highest BCUT2D eigenvalue weighted by Crippen LogP contribution is 2.30. The Morgan fingerprint density at radius 2 is 2.00 bits per heavy atom. The van der Waals surface area contributed by atoms with Crippen molar-refractivity contribution in [3.63, 3.8) is 0 Å². The molecule has 0 radical (unpaired) electrons. The van der Waals surface area contributed by atoms with Crippen LogP contribution in [0.3, 0.4) is 0 Å². The molecule has 0 fully saturated rings. The lowest BCUT2D eigenvalue weighted by atomic mass is 9.87. The topological polar surface area (TPSA) is 83.5 Å². The van der Waals surface area contributed by atoms with Gasteiger partial charge in [-0.05, 0) is 59.9 Å². The average Bonchev–Trinajstić information content (AvgIpc) is 2.67. The Bertz CT molecular complexity index is 994. The smallest absolute Gasteiger partial charge is 0.335 e. The Morgan fingerprint density at radius 1 is 1.21 bits per heavy atom. The number of anilines is 1. The summed E-state index contributed by atoms with van der Waals surface area (Å²) in [6, 6.07) is 9.22. The van der Waals surface area contributed by atoms with Crippen molar-refractivity contribution in [2.45, 2.75) is 25.7 Å². The van der Waals surface area contributed by atoms with Crippen LogP contribution in [0.2, 0.25) is 0 Å². The Morgan fingerprint density at radius 3 is 2.71 bits per heavy atom. The number of halogens is 1. The van der Waals surface area contributed by atoms with Crippen LogP contribution in [-0.2, 0) is 22.4 Å². The second-order valence-corrected chi connectivity index (χ2v) is 6.71. The van der Waals surface area contributed by atoms with E-state index < -0.39 is 11.8 Å². The molecule has 144 valence electrons. The first-order valence-corrected chi connectivity index (χ1v) is 8.99. The van der Waals surface area contributed by atoms with Crippen LogP contribution in [0.25, 0.3) is 6.08 Å². The Balaban J connectivity index is 1.71. The number of rotatable bonds is 7. The molecule has 0 bridgehead atoms. The van der Waals surface area contributed by atoms with Gasteiger partial charge in [-0.25, -0.2) is 9.18 Å². The quantitative estimate of drug-likeness (QED) is 0.715. The second kappa shape index (κ2) is 8.17. The van der Waals surface area contributed by atoms with E-state index in [1.807, 2.05) is 0 Å². The van der Waals surface area contributed by atoms with E-state index in [1.165, 1.54) is 24.3 Å². The molecular formula is C22H20FNO4. The lowest BCUT2D eigenvalue weighted by molar-refractivity contribution is -0.121. The monoisotopic (exact) mass is 381 g/mol. The molecule has 3 rings (SSSR count). The number of carbonyl (C=O) groups is 3. The fraction of sp³-hybridized carbons (Fsp3) is 0.227. The molecular weight excluding hydrogens is 361 g/mol. The molecule has 0 atom stereocenters. The maximum atomic E-state index is 13.8. The van der Waals surface area contributed by atoms with Crippen molar-refractivity contribution in [2.24, 2.45) is 0 Å². The molecule has 1 aliphatic rings. The number of aromatic carboxylic acids is 1. The molecule has 0 aliphatic heterocycles. The number of Topliss-reactive ketones (excluding diaryl/α,β-unsaturated/α-hetero) is 2. The van der Waals surface area contributed by atoms with Crippen molar-refractivity contribution in [3.05, 3.63) is 70.0 Å². The Labute approximate surface area is 161 Å². The molecule has 0 amide bonds. The fourth-order valence-corrected chi connectivity index (χ4v) is 3.38. The summed E-state index contributed by atoms with van der Waals surface area (Å²) < 4.78 is 13.8. The first-order chi connectivity index (χ1) is 13.4. The van der Waals surface area contributed by atoms with Crippen molar-refractivity contribution in [3.8, 4) is 0 Å². The largest absolute Gasteiger partial charge is 0.478 e. The van der Waals surface area contributed by atoms with Crippen LogP contribution in [-0.4, -0.2) is 29.7 Å². The van der Waals surface area contributed by atoms with Gasteiger partial charge in [0.05, 0.1) is 11.1 Å². The summed E-state index contributed by atoms with van der Waals surface area (Å²) >= 11 is 0. The van der Waals surface area contributed by atoms with E-state index >= 15 is 0 Å². The van der Waals surface area contributed by atoms with Crippen molar-refractivity contribution in [1.82, 2.24) is 0 Å². The lowest BCUT2D eigenvalue weighted by Crippen LogP contribution is -2.20. The number of hydrogen-bond donors (Lipinski definition) is 2. The molecule has 0 saturated heterocycles. The van der Waals surface area contributed by atoms with Gasteiger partial charge < -0.3 is 10.4 Å². The maximum absolute atomic E-state index is 13.8. The predicted molar refractivity (Wildman–Crippen MR) is 104 cm³/mol. The fourth-order valence-electron chi connectivity index (χ4n) is 3.38. The van der Waals surface area contributed by atoms with Crippen molar-refractivity contribution in [2.75, 3.05) is 12.4 Å². The molecule has 6 heteroatoms. The number of carboxylic acids is 1. The number of carbonyl (C=O) groups excluding carboxylic acids is 2. The van der Waals surface area contributed by atoms with Gasteiger partial charge in [0, 0.05) is 25.6 Å². The van der Waals surface area contributed by atoms with Gasteiger partial charge in [0.2, 0.25) is 0 Å². The Hall–Kier alpha value is -3.28. The van der Waals surface area contributed by atoms with Crippen molar-refractivity contribution in [1.29, 1.82) is 0 Å². The van der Waals surface area contributed by atoms with Gasteiger partial charge in [-0.3, -0.25) is 9.59 Å². The van der Waals surface area contributed by atoms with Gasteiger partial charge >= 0.3 is 5.97 Å². The van der Waals surface area contributed by atoms with Crippen molar-refractivity contribution < 1.29 is 23.9 Å². The molecule has 2 aromatic carbocycles. The number of nitrogens with one attached hydrogen (secondary N) is 1. The van der Waals surface area contributed by atoms with Crippen LogP contribution in [0, 0.1) is 5.82 Å². The van der Waals surface area contributed by atoms with Crippen LogP contribution in [0.15, 0.2) is 42.0 Å². The number of carboxylic acid groups (broad SMARTS) is 1. The van der Waals surface area contributed by atoms with Gasteiger partial charge in [-0.1, -0.05) is 12.1 Å². The number of benzene rings is 2. The highest BCUT2D eigenvalue weighted by Gasteiger charge is 2.25. The van der Waals surface area contributed by atoms with Crippen LogP contribution >= 0.6 is 0 Å². The molecule has 28 heavy (non-hydrogen) atoms. The minimum atomic E-state index is -0.997. The zero-order valence-corrected chi connectivity index (χ0v) is 15.4. The molecule has 0 aromatic heterocycles. The second-order valence-electron chi connectivity index (χ2n) is 6.71. The molecule has 0 spiro atoms. The molecule has 1 aliphatic carbocycles. The highest BCUT2D eigenvalue weighted by atomic mass is 19.1. The van der Waals surface area contributed by atoms with E-state index in [-0.39, 0.29) is 35.5 Å². The van der Waals surface area contributed by atoms with E-state index in [0.717, 1.165) is 5.56 Å².